The molecule has 0 bridgehead atoms. The van der Waals surface area contributed by atoms with Crippen LogP contribution in [0.25, 0.3) is 0 Å². The van der Waals surface area contributed by atoms with E-state index in [4.69, 9.17) is 9.47 Å². The highest BCUT2D eigenvalue weighted by atomic mass is 16.6. The Morgan fingerprint density at radius 1 is 1.11 bits per heavy atom. The fourth-order valence-corrected chi connectivity index (χ4v) is 2.22. The summed E-state index contributed by atoms with van der Waals surface area (Å²) in [5, 5.41) is 13.4. The first-order valence-corrected chi connectivity index (χ1v) is 7.79. The second-order valence-corrected chi connectivity index (χ2v) is 5.45. The lowest BCUT2D eigenvalue weighted by Gasteiger charge is -2.12. The van der Waals surface area contributed by atoms with Crippen molar-refractivity contribution in [2.75, 3.05) is 26.1 Å². The van der Waals surface area contributed by atoms with Crippen LogP contribution in [0.2, 0.25) is 0 Å². The first-order chi connectivity index (χ1) is 12.8. The molecule has 1 amide bonds. The first-order valence-electron chi connectivity index (χ1n) is 7.79. The number of carbonyl (C=O) groups excluding carboxylic acids is 2. The van der Waals surface area contributed by atoms with E-state index >= 15 is 0 Å². The first kappa shape index (κ1) is 19.7. The van der Waals surface area contributed by atoms with Crippen LogP contribution in [0.4, 0.5) is 11.4 Å². The number of nitrogens with zero attached hydrogens (tertiary/aromatic N) is 1. The van der Waals surface area contributed by atoms with Crippen LogP contribution in [0.1, 0.15) is 15.9 Å². The van der Waals surface area contributed by atoms with E-state index in [1.807, 2.05) is 0 Å². The Hall–Kier alpha value is -3.62. The number of benzene rings is 2. The molecule has 142 valence electrons. The second kappa shape index (κ2) is 8.65. The molecule has 0 aliphatic heterocycles. The number of nitrogens with one attached hydrogen (secondary N) is 1. The molecule has 0 aliphatic carbocycles. The number of nitro groups is 1. The van der Waals surface area contributed by atoms with Crippen molar-refractivity contribution in [2.24, 2.45) is 0 Å². The molecule has 0 saturated carbocycles. The lowest BCUT2D eigenvalue weighted by atomic mass is 10.2. The number of hydrogen-bond donors (Lipinski definition) is 1. The van der Waals surface area contributed by atoms with E-state index in [0.29, 0.717) is 11.3 Å². The lowest BCUT2D eigenvalue weighted by molar-refractivity contribution is -0.384. The highest BCUT2D eigenvalue weighted by Gasteiger charge is 2.14. The van der Waals surface area contributed by atoms with E-state index in [-0.39, 0.29) is 29.4 Å². The minimum absolute atomic E-state index is 0.128. The molecule has 0 aliphatic rings. The number of esters is 1. The topological polar surface area (TPSA) is 117 Å². The molecule has 2 aromatic rings. The van der Waals surface area contributed by atoms with Crippen molar-refractivity contribution < 1.29 is 28.7 Å². The zero-order chi connectivity index (χ0) is 20.0. The van der Waals surface area contributed by atoms with E-state index in [0.717, 1.165) is 0 Å². The third kappa shape index (κ3) is 4.94. The number of anilines is 1. The highest BCUT2D eigenvalue weighted by Crippen LogP contribution is 2.28. The fourth-order valence-electron chi connectivity index (χ4n) is 2.22. The van der Waals surface area contributed by atoms with Crippen LogP contribution < -0.4 is 14.8 Å². The maximum Gasteiger partial charge on any atom is 0.337 e. The van der Waals surface area contributed by atoms with Crippen LogP contribution in [0.3, 0.4) is 0 Å². The summed E-state index contributed by atoms with van der Waals surface area (Å²) in [6, 6.07) is 8.57. The monoisotopic (exact) mass is 374 g/mol. The Bertz CT molecular complexity index is 880. The second-order valence-electron chi connectivity index (χ2n) is 5.45. The quantitative estimate of drug-likeness (QED) is 0.450. The molecule has 9 nitrogen and oxygen atoms in total. The number of hydrogen-bond acceptors (Lipinski definition) is 7. The van der Waals surface area contributed by atoms with Gasteiger partial charge in [-0.1, -0.05) is 6.07 Å². The van der Waals surface area contributed by atoms with Gasteiger partial charge in [-0.15, -0.1) is 0 Å². The van der Waals surface area contributed by atoms with Gasteiger partial charge in [-0.2, -0.15) is 0 Å². The summed E-state index contributed by atoms with van der Waals surface area (Å²) in [7, 11) is 2.66. The van der Waals surface area contributed by atoms with Gasteiger partial charge in [-0.3, -0.25) is 14.9 Å². The number of carbonyl (C=O) groups is 2. The van der Waals surface area contributed by atoms with Gasteiger partial charge >= 0.3 is 5.97 Å². The maximum absolute atomic E-state index is 12.1. The Morgan fingerprint density at radius 2 is 1.85 bits per heavy atom. The molecule has 0 atom stereocenters. The van der Waals surface area contributed by atoms with Gasteiger partial charge in [0, 0.05) is 12.1 Å². The molecule has 2 rings (SSSR count). The van der Waals surface area contributed by atoms with E-state index in [1.54, 1.807) is 13.0 Å². The molecule has 9 heteroatoms. The van der Waals surface area contributed by atoms with E-state index in [1.165, 1.54) is 44.6 Å². The van der Waals surface area contributed by atoms with Gasteiger partial charge in [-0.25, -0.2) is 4.79 Å². The van der Waals surface area contributed by atoms with Crippen LogP contribution in [-0.2, 0) is 9.53 Å². The average Bonchev–Trinajstić information content (AvgIpc) is 2.67. The van der Waals surface area contributed by atoms with Crippen molar-refractivity contribution in [1.29, 1.82) is 0 Å². The zero-order valence-corrected chi connectivity index (χ0v) is 15.0. The molecule has 0 unspecified atom stereocenters. The molecule has 2 aromatic carbocycles. The molecule has 0 spiro atoms. The molecule has 0 fully saturated rings. The SMILES string of the molecule is COC(=O)c1ccc(OCC(=O)Nc2cc([N+](=O)[O-])ccc2C)c(OC)c1. The molecular weight excluding hydrogens is 356 g/mol. The van der Waals surface area contributed by atoms with Crippen LogP contribution in [0.5, 0.6) is 11.5 Å². The molecule has 0 radical (unpaired) electrons. The van der Waals surface area contributed by atoms with Crippen molar-refractivity contribution in [1.82, 2.24) is 0 Å². The van der Waals surface area contributed by atoms with Gasteiger partial charge in [0.15, 0.2) is 18.1 Å². The maximum atomic E-state index is 12.1. The Labute approximate surface area is 155 Å². The summed E-state index contributed by atoms with van der Waals surface area (Å²) in [4.78, 5) is 34.0. The van der Waals surface area contributed by atoms with Crippen molar-refractivity contribution >= 4 is 23.3 Å². The highest BCUT2D eigenvalue weighted by molar-refractivity contribution is 5.93. The minimum atomic E-state index is -0.542. The number of methoxy groups -OCH3 is 2. The molecule has 0 heterocycles. The Kier molecular flexibility index (Phi) is 6.32. The standard InChI is InChI=1S/C18H18N2O7/c1-11-4-6-13(20(23)24)9-14(11)19-17(21)10-27-15-7-5-12(18(22)26-3)8-16(15)25-2/h4-9H,10H2,1-3H3,(H,19,21). The van der Waals surface area contributed by atoms with E-state index < -0.39 is 16.8 Å². The van der Waals surface area contributed by atoms with Crippen molar-refractivity contribution in [3.05, 3.63) is 57.6 Å². The van der Waals surface area contributed by atoms with Crippen LogP contribution in [0.15, 0.2) is 36.4 Å². The van der Waals surface area contributed by atoms with Gasteiger partial charge in [0.2, 0.25) is 0 Å². The Morgan fingerprint density at radius 3 is 2.48 bits per heavy atom. The third-order valence-electron chi connectivity index (χ3n) is 3.65. The van der Waals surface area contributed by atoms with Gasteiger partial charge in [0.25, 0.3) is 11.6 Å². The fraction of sp³-hybridized carbons (Fsp3) is 0.222. The van der Waals surface area contributed by atoms with E-state index in [2.05, 4.69) is 10.1 Å². The average molecular weight is 374 g/mol. The summed E-state index contributed by atoms with van der Waals surface area (Å²) in [5.74, 6) is -0.510. The van der Waals surface area contributed by atoms with E-state index in [9.17, 15) is 19.7 Å². The summed E-state index contributed by atoms with van der Waals surface area (Å²) in [5.41, 5.74) is 1.15. The minimum Gasteiger partial charge on any atom is -0.493 e. The largest absolute Gasteiger partial charge is 0.493 e. The van der Waals surface area contributed by atoms with Crippen molar-refractivity contribution in [3.63, 3.8) is 0 Å². The van der Waals surface area contributed by atoms with Gasteiger partial charge < -0.3 is 19.5 Å². The van der Waals surface area contributed by atoms with Crippen molar-refractivity contribution in [2.45, 2.75) is 6.92 Å². The van der Waals surface area contributed by atoms with Gasteiger partial charge in [0.05, 0.1) is 30.4 Å². The van der Waals surface area contributed by atoms with Crippen LogP contribution in [-0.4, -0.2) is 37.6 Å². The number of rotatable bonds is 7. The smallest absolute Gasteiger partial charge is 0.337 e. The molecule has 0 saturated heterocycles. The van der Waals surface area contributed by atoms with Crippen LogP contribution >= 0.6 is 0 Å². The molecule has 27 heavy (non-hydrogen) atoms. The summed E-state index contributed by atoms with van der Waals surface area (Å²) < 4.78 is 15.2. The zero-order valence-electron chi connectivity index (χ0n) is 15.0. The molecule has 1 N–H and O–H groups in total. The number of aryl methyl sites for hydroxylation is 1. The van der Waals surface area contributed by atoms with Crippen molar-refractivity contribution in [3.8, 4) is 11.5 Å². The third-order valence-corrected chi connectivity index (χ3v) is 3.65. The number of nitro benzene ring substituents is 1. The molecular formula is C18H18N2O7. The van der Waals surface area contributed by atoms with Gasteiger partial charge in [-0.05, 0) is 30.7 Å². The summed E-state index contributed by atoms with van der Waals surface area (Å²) in [6.07, 6.45) is 0. The Balaban J connectivity index is 2.06. The number of amides is 1. The number of non-ortho nitro benzene ring substituents is 1. The number of ether oxygens (including phenoxy) is 3. The summed E-state index contributed by atoms with van der Waals surface area (Å²) >= 11 is 0. The predicted octanol–water partition coefficient (Wildman–Crippen LogP) is 2.72. The summed E-state index contributed by atoms with van der Waals surface area (Å²) in [6.45, 7) is 1.37. The lowest BCUT2D eigenvalue weighted by Crippen LogP contribution is -2.21. The van der Waals surface area contributed by atoms with Crippen LogP contribution in [0, 0.1) is 17.0 Å². The normalized spacial score (nSPS) is 10.0. The molecule has 0 aromatic heterocycles. The predicted molar refractivity (Wildman–Crippen MR) is 96.3 cm³/mol. The van der Waals surface area contributed by atoms with Gasteiger partial charge in [0.1, 0.15) is 0 Å².